The molecule has 80 valence electrons. The fraction of sp³-hybridized carbons (Fsp3) is 1.00. The summed E-state index contributed by atoms with van der Waals surface area (Å²) in [4.78, 5) is 2.47. The summed E-state index contributed by atoms with van der Waals surface area (Å²) < 4.78 is 0. The van der Waals surface area contributed by atoms with Gasteiger partial charge in [0.1, 0.15) is 0 Å². The molecule has 0 aliphatic carbocycles. The van der Waals surface area contributed by atoms with Crippen LogP contribution in [0, 0.1) is 0 Å². The Labute approximate surface area is 83.5 Å². The van der Waals surface area contributed by atoms with Gasteiger partial charge in [0.2, 0.25) is 0 Å². The smallest absolute Gasteiger partial charge is 0.00814 e. The SMILES string of the molecule is CCCC(N)CC(C)N(CC)CC. The van der Waals surface area contributed by atoms with Crippen molar-refractivity contribution in [3.05, 3.63) is 0 Å². The summed E-state index contributed by atoms with van der Waals surface area (Å²) in [7, 11) is 0. The van der Waals surface area contributed by atoms with E-state index in [0.717, 1.165) is 25.9 Å². The molecule has 2 heteroatoms. The van der Waals surface area contributed by atoms with Crippen LogP contribution in [0.3, 0.4) is 0 Å². The maximum Gasteiger partial charge on any atom is 0.00814 e. The largest absolute Gasteiger partial charge is 0.328 e. The third-order valence-electron chi connectivity index (χ3n) is 2.74. The predicted octanol–water partition coefficient (Wildman–Crippen LogP) is 2.23. The van der Waals surface area contributed by atoms with Crippen LogP contribution in [0.1, 0.15) is 47.0 Å². The molecule has 0 aromatic carbocycles. The molecule has 0 amide bonds. The van der Waals surface area contributed by atoms with E-state index in [1.807, 2.05) is 0 Å². The zero-order valence-corrected chi connectivity index (χ0v) is 9.71. The summed E-state index contributed by atoms with van der Waals surface area (Å²) in [6.07, 6.45) is 3.49. The van der Waals surface area contributed by atoms with Crippen molar-refractivity contribution in [3.8, 4) is 0 Å². The Kier molecular flexibility index (Phi) is 7.29. The Balaban J connectivity index is 3.75. The second-order valence-corrected chi connectivity index (χ2v) is 3.85. The molecule has 0 fully saturated rings. The van der Waals surface area contributed by atoms with Crippen molar-refractivity contribution < 1.29 is 0 Å². The van der Waals surface area contributed by atoms with Crippen LogP contribution in [-0.4, -0.2) is 30.1 Å². The number of nitrogens with zero attached hydrogens (tertiary/aromatic N) is 1. The van der Waals surface area contributed by atoms with Gasteiger partial charge in [-0.2, -0.15) is 0 Å². The van der Waals surface area contributed by atoms with Gasteiger partial charge in [0.25, 0.3) is 0 Å². The molecule has 0 bridgehead atoms. The lowest BCUT2D eigenvalue weighted by Gasteiger charge is -2.28. The van der Waals surface area contributed by atoms with Crippen LogP contribution in [0.5, 0.6) is 0 Å². The summed E-state index contributed by atoms with van der Waals surface area (Å²) in [6, 6.07) is 1.03. The lowest BCUT2D eigenvalue weighted by atomic mass is 10.0. The molecule has 0 rings (SSSR count). The minimum absolute atomic E-state index is 0.389. The fourth-order valence-electron chi connectivity index (χ4n) is 1.92. The van der Waals surface area contributed by atoms with E-state index < -0.39 is 0 Å². The van der Waals surface area contributed by atoms with Crippen LogP contribution in [0.15, 0.2) is 0 Å². The molecule has 0 aliphatic heterocycles. The summed E-state index contributed by atoms with van der Waals surface area (Å²) >= 11 is 0. The van der Waals surface area contributed by atoms with Gasteiger partial charge in [-0.05, 0) is 32.9 Å². The molecule has 2 atom stereocenters. The van der Waals surface area contributed by atoms with Crippen molar-refractivity contribution in [2.24, 2.45) is 5.73 Å². The number of rotatable bonds is 7. The molecule has 0 aromatic heterocycles. The van der Waals surface area contributed by atoms with Gasteiger partial charge in [-0.25, -0.2) is 0 Å². The Morgan fingerprint density at radius 2 is 1.69 bits per heavy atom. The van der Waals surface area contributed by atoms with E-state index in [1.54, 1.807) is 0 Å². The van der Waals surface area contributed by atoms with E-state index in [0.29, 0.717) is 12.1 Å². The normalized spacial score (nSPS) is 16.2. The Bertz CT molecular complexity index is 111. The molecule has 0 saturated heterocycles. The van der Waals surface area contributed by atoms with Gasteiger partial charge in [-0.1, -0.05) is 27.2 Å². The van der Waals surface area contributed by atoms with Crippen molar-refractivity contribution >= 4 is 0 Å². The van der Waals surface area contributed by atoms with E-state index in [2.05, 4.69) is 32.6 Å². The Hall–Kier alpha value is -0.0800. The topological polar surface area (TPSA) is 29.3 Å². The lowest BCUT2D eigenvalue weighted by molar-refractivity contribution is 0.210. The Morgan fingerprint density at radius 1 is 1.15 bits per heavy atom. The van der Waals surface area contributed by atoms with Crippen LogP contribution in [0.2, 0.25) is 0 Å². The highest BCUT2D eigenvalue weighted by molar-refractivity contribution is 4.71. The van der Waals surface area contributed by atoms with Crippen molar-refractivity contribution in [1.29, 1.82) is 0 Å². The van der Waals surface area contributed by atoms with Gasteiger partial charge in [-0.3, -0.25) is 0 Å². The first-order chi connectivity index (χ1) is 6.15. The minimum Gasteiger partial charge on any atom is -0.328 e. The first kappa shape index (κ1) is 12.9. The molecular formula is C11H26N2. The Morgan fingerprint density at radius 3 is 2.08 bits per heavy atom. The molecule has 0 aliphatic rings. The quantitative estimate of drug-likeness (QED) is 0.660. The van der Waals surface area contributed by atoms with Crippen molar-refractivity contribution in [1.82, 2.24) is 4.90 Å². The molecule has 0 spiro atoms. The van der Waals surface area contributed by atoms with Crippen LogP contribution in [0.25, 0.3) is 0 Å². The molecule has 2 nitrogen and oxygen atoms in total. The number of nitrogens with two attached hydrogens (primary N) is 1. The molecule has 2 unspecified atom stereocenters. The average Bonchev–Trinajstić information content (AvgIpc) is 2.06. The van der Waals surface area contributed by atoms with Gasteiger partial charge >= 0.3 is 0 Å². The van der Waals surface area contributed by atoms with E-state index in [9.17, 15) is 0 Å². The van der Waals surface area contributed by atoms with Crippen LogP contribution < -0.4 is 5.73 Å². The molecular weight excluding hydrogens is 160 g/mol. The molecule has 0 aromatic rings. The highest BCUT2D eigenvalue weighted by atomic mass is 15.1. The second kappa shape index (κ2) is 7.34. The maximum atomic E-state index is 6.01. The monoisotopic (exact) mass is 186 g/mol. The number of hydrogen-bond acceptors (Lipinski definition) is 2. The summed E-state index contributed by atoms with van der Waals surface area (Å²) in [5.74, 6) is 0. The summed E-state index contributed by atoms with van der Waals surface area (Å²) in [5.41, 5.74) is 6.01. The van der Waals surface area contributed by atoms with Gasteiger partial charge in [-0.15, -0.1) is 0 Å². The lowest BCUT2D eigenvalue weighted by Crippen LogP contribution is -2.37. The van der Waals surface area contributed by atoms with E-state index in [1.165, 1.54) is 6.42 Å². The third-order valence-corrected chi connectivity index (χ3v) is 2.74. The molecule has 0 saturated carbocycles. The van der Waals surface area contributed by atoms with Crippen LogP contribution in [-0.2, 0) is 0 Å². The average molecular weight is 186 g/mol. The first-order valence-electron chi connectivity index (χ1n) is 5.65. The second-order valence-electron chi connectivity index (χ2n) is 3.85. The molecule has 0 radical (unpaired) electrons. The zero-order valence-electron chi connectivity index (χ0n) is 9.71. The van der Waals surface area contributed by atoms with Crippen LogP contribution in [0.4, 0.5) is 0 Å². The third kappa shape index (κ3) is 5.27. The first-order valence-corrected chi connectivity index (χ1v) is 5.65. The molecule has 13 heavy (non-hydrogen) atoms. The van der Waals surface area contributed by atoms with Crippen molar-refractivity contribution in [3.63, 3.8) is 0 Å². The van der Waals surface area contributed by atoms with E-state index in [-0.39, 0.29) is 0 Å². The zero-order chi connectivity index (χ0) is 10.3. The predicted molar refractivity (Wildman–Crippen MR) is 59.9 cm³/mol. The minimum atomic E-state index is 0.389. The standard InChI is InChI=1S/C11H26N2/c1-5-8-11(12)9-10(4)13(6-2)7-3/h10-11H,5-9,12H2,1-4H3. The van der Waals surface area contributed by atoms with E-state index >= 15 is 0 Å². The molecule has 2 N–H and O–H groups in total. The van der Waals surface area contributed by atoms with E-state index in [4.69, 9.17) is 5.73 Å². The van der Waals surface area contributed by atoms with Gasteiger partial charge in [0, 0.05) is 12.1 Å². The maximum absolute atomic E-state index is 6.01. The van der Waals surface area contributed by atoms with Gasteiger partial charge in [0.05, 0.1) is 0 Å². The van der Waals surface area contributed by atoms with Crippen LogP contribution >= 0.6 is 0 Å². The van der Waals surface area contributed by atoms with Gasteiger partial charge in [0.15, 0.2) is 0 Å². The molecule has 0 heterocycles. The van der Waals surface area contributed by atoms with Crippen molar-refractivity contribution in [2.45, 2.75) is 59.0 Å². The van der Waals surface area contributed by atoms with Crippen molar-refractivity contribution in [2.75, 3.05) is 13.1 Å². The fourth-order valence-corrected chi connectivity index (χ4v) is 1.92. The highest BCUT2D eigenvalue weighted by Crippen LogP contribution is 2.08. The summed E-state index contributed by atoms with van der Waals surface area (Å²) in [5, 5.41) is 0. The van der Waals surface area contributed by atoms with Gasteiger partial charge < -0.3 is 10.6 Å². The number of hydrogen-bond donors (Lipinski definition) is 1. The summed E-state index contributed by atoms with van der Waals surface area (Å²) in [6.45, 7) is 11.2. The highest BCUT2D eigenvalue weighted by Gasteiger charge is 2.13.